The van der Waals surface area contributed by atoms with Crippen LogP contribution in [0.1, 0.15) is 18.4 Å². The first-order valence-electron chi connectivity index (χ1n) is 8.45. The molecule has 0 radical (unpaired) electrons. The second-order valence-corrected chi connectivity index (χ2v) is 9.93. The molecule has 0 aromatic heterocycles. The molecule has 0 aliphatic carbocycles. The third-order valence-corrected chi connectivity index (χ3v) is 6.86. The number of halogens is 1. The number of amides is 2. The Morgan fingerprint density at radius 3 is 2.89 bits per heavy atom. The number of hydrogen-bond acceptors (Lipinski definition) is 6. The molecule has 2 heterocycles. The van der Waals surface area contributed by atoms with Gasteiger partial charge in [-0.25, -0.2) is 12.8 Å². The molecule has 0 saturated carbocycles. The van der Waals surface area contributed by atoms with Crippen LogP contribution in [-0.4, -0.2) is 47.8 Å². The van der Waals surface area contributed by atoms with Crippen LogP contribution in [-0.2, 0) is 19.4 Å². The van der Waals surface area contributed by atoms with Crippen molar-refractivity contribution in [3.63, 3.8) is 0 Å². The standard InChI is InChI=1S/C18H17FN2O4S3/c19-13-4-1-3-12(9-13)10-15-17(23)21(18(26)27-15)7-2-5-16(22)20-14-6-8-28(24,25)11-14/h1,3-4,6,8-10,14H,2,5,7,11H2,(H,20,22)/b15-10+/t14-/m0/s1. The van der Waals surface area contributed by atoms with Crippen molar-refractivity contribution in [2.75, 3.05) is 12.3 Å². The number of thioether (sulfide) groups is 1. The zero-order valence-corrected chi connectivity index (χ0v) is 17.1. The van der Waals surface area contributed by atoms with E-state index in [9.17, 15) is 22.4 Å². The van der Waals surface area contributed by atoms with E-state index in [1.165, 1.54) is 23.1 Å². The minimum atomic E-state index is -3.22. The molecule has 1 fully saturated rings. The average Bonchev–Trinajstić information content (AvgIpc) is 3.08. The molecule has 2 aliphatic heterocycles. The Morgan fingerprint density at radius 2 is 2.21 bits per heavy atom. The van der Waals surface area contributed by atoms with E-state index in [1.54, 1.807) is 18.2 Å². The summed E-state index contributed by atoms with van der Waals surface area (Å²) < 4.78 is 36.4. The quantitative estimate of drug-likeness (QED) is 0.540. The van der Waals surface area contributed by atoms with E-state index in [0.717, 1.165) is 17.2 Å². The van der Waals surface area contributed by atoms with Crippen LogP contribution in [0.5, 0.6) is 0 Å². The number of hydrogen-bond donors (Lipinski definition) is 1. The lowest BCUT2D eigenvalue weighted by molar-refractivity contribution is -0.124. The van der Waals surface area contributed by atoms with Crippen LogP contribution in [0.3, 0.4) is 0 Å². The van der Waals surface area contributed by atoms with Gasteiger partial charge in [0.2, 0.25) is 5.91 Å². The summed E-state index contributed by atoms with van der Waals surface area (Å²) in [6.07, 6.45) is 3.56. The number of carbonyl (C=O) groups is 2. The molecule has 148 valence electrons. The molecule has 1 aromatic rings. The topological polar surface area (TPSA) is 83.6 Å². The van der Waals surface area contributed by atoms with Crippen molar-refractivity contribution < 1.29 is 22.4 Å². The van der Waals surface area contributed by atoms with Crippen LogP contribution < -0.4 is 5.32 Å². The molecule has 2 amide bonds. The van der Waals surface area contributed by atoms with E-state index in [2.05, 4.69) is 5.32 Å². The third kappa shape index (κ3) is 5.27. The van der Waals surface area contributed by atoms with Crippen LogP contribution in [0.4, 0.5) is 4.39 Å². The van der Waals surface area contributed by atoms with Gasteiger partial charge in [-0.1, -0.05) is 36.1 Å². The second-order valence-electron chi connectivity index (χ2n) is 6.32. The van der Waals surface area contributed by atoms with Gasteiger partial charge in [0, 0.05) is 18.4 Å². The van der Waals surface area contributed by atoms with Crippen molar-refractivity contribution in [3.8, 4) is 0 Å². The number of carbonyl (C=O) groups excluding carboxylic acids is 2. The molecule has 28 heavy (non-hydrogen) atoms. The molecular formula is C18H17FN2O4S3. The summed E-state index contributed by atoms with van der Waals surface area (Å²) in [6.45, 7) is 0.275. The molecule has 6 nitrogen and oxygen atoms in total. The molecule has 1 atom stereocenters. The average molecular weight is 441 g/mol. The van der Waals surface area contributed by atoms with Crippen molar-refractivity contribution >= 4 is 56.0 Å². The van der Waals surface area contributed by atoms with Gasteiger partial charge in [-0.3, -0.25) is 14.5 Å². The lowest BCUT2D eigenvalue weighted by Gasteiger charge is -2.15. The lowest BCUT2D eigenvalue weighted by Crippen LogP contribution is -2.36. The molecule has 1 aromatic carbocycles. The van der Waals surface area contributed by atoms with Crippen molar-refractivity contribution in [3.05, 3.63) is 52.0 Å². The van der Waals surface area contributed by atoms with Crippen molar-refractivity contribution in [1.82, 2.24) is 10.2 Å². The van der Waals surface area contributed by atoms with Gasteiger partial charge in [0.1, 0.15) is 10.1 Å². The largest absolute Gasteiger partial charge is 0.349 e. The first-order valence-corrected chi connectivity index (χ1v) is 11.4. The van der Waals surface area contributed by atoms with E-state index < -0.39 is 15.9 Å². The molecule has 0 bridgehead atoms. The second kappa shape index (κ2) is 8.54. The van der Waals surface area contributed by atoms with Crippen LogP contribution in [0.15, 0.2) is 40.7 Å². The number of sulfone groups is 1. The maximum absolute atomic E-state index is 13.3. The molecule has 0 spiro atoms. The van der Waals surface area contributed by atoms with E-state index in [0.29, 0.717) is 21.2 Å². The minimum Gasteiger partial charge on any atom is -0.349 e. The summed E-state index contributed by atoms with van der Waals surface area (Å²) in [5, 5.41) is 3.74. The van der Waals surface area contributed by atoms with Crippen LogP contribution in [0, 0.1) is 5.82 Å². The van der Waals surface area contributed by atoms with E-state index in [4.69, 9.17) is 12.2 Å². The number of thiocarbonyl (C=S) groups is 1. The van der Waals surface area contributed by atoms with Gasteiger partial charge < -0.3 is 5.32 Å². The van der Waals surface area contributed by atoms with E-state index in [1.807, 2.05) is 0 Å². The fourth-order valence-electron chi connectivity index (χ4n) is 2.78. The van der Waals surface area contributed by atoms with Crippen LogP contribution >= 0.6 is 24.0 Å². The highest BCUT2D eigenvalue weighted by Gasteiger charge is 2.31. The monoisotopic (exact) mass is 440 g/mol. The van der Waals surface area contributed by atoms with Crippen LogP contribution in [0.25, 0.3) is 6.08 Å². The summed E-state index contributed by atoms with van der Waals surface area (Å²) in [5.74, 6) is -1.07. The predicted molar refractivity (Wildman–Crippen MR) is 110 cm³/mol. The van der Waals surface area contributed by atoms with Crippen molar-refractivity contribution in [1.29, 1.82) is 0 Å². The Morgan fingerprint density at radius 1 is 1.43 bits per heavy atom. The molecule has 3 rings (SSSR count). The highest BCUT2D eigenvalue weighted by atomic mass is 32.2. The van der Waals surface area contributed by atoms with Gasteiger partial charge in [-0.15, -0.1) is 0 Å². The number of nitrogens with zero attached hydrogens (tertiary/aromatic N) is 1. The molecule has 1 N–H and O–H groups in total. The van der Waals surface area contributed by atoms with Gasteiger partial charge in [0.05, 0.1) is 16.7 Å². The molecule has 2 aliphatic rings. The Labute approximate surface area is 171 Å². The maximum atomic E-state index is 13.3. The number of rotatable bonds is 6. The lowest BCUT2D eigenvalue weighted by atomic mass is 10.2. The minimum absolute atomic E-state index is 0.127. The molecule has 0 unspecified atom stereocenters. The van der Waals surface area contributed by atoms with E-state index >= 15 is 0 Å². The number of benzene rings is 1. The maximum Gasteiger partial charge on any atom is 0.266 e. The van der Waals surface area contributed by atoms with E-state index in [-0.39, 0.29) is 36.4 Å². The summed E-state index contributed by atoms with van der Waals surface area (Å²) in [5.41, 5.74) is 0.569. The zero-order chi connectivity index (χ0) is 20.3. The van der Waals surface area contributed by atoms with Crippen LogP contribution in [0.2, 0.25) is 0 Å². The summed E-state index contributed by atoms with van der Waals surface area (Å²) >= 11 is 6.37. The molecular weight excluding hydrogens is 423 g/mol. The first-order chi connectivity index (χ1) is 13.2. The molecule has 1 saturated heterocycles. The summed E-state index contributed by atoms with van der Waals surface area (Å²) in [6, 6.07) is 5.39. The summed E-state index contributed by atoms with van der Waals surface area (Å²) in [7, 11) is -3.22. The van der Waals surface area contributed by atoms with Gasteiger partial charge in [0.15, 0.2) is 9.84 Å². The zero-order valence-electron chi connectivity index (χ0n) is 14.6. The third-order valence-electron chi connectivity index (χ3n) is 4.08. The molecule has 10 heteroatoms. The number of nitrogens with one attached hydrogen (secondary N) is 1. The highest BCUT2D eigenvalue weighted by molar-refractivity contribution is 8.26. The SMILES string of the molecule is O=C(CCCN1C(=O)/C(=C\c2cccc(F)c2)SC1=S)N[C@H]1C=CS(=O)(=O)C1. The Balaban J connectivity index is 1.51. The fraction of sp³-hybridized carbons (Fsp3) is 0.278. The Kier molecular flexibility index (Phi) is 6.31. The highest BCUT2D eigenvalue weighted by Crippen LogP contribution is 2.32. The van der Waals surface area contributed by atoms with Crippen molar-refractivity contribution in [2.45, 2.75) is 18.9 Å². The first kappa shape index (κ1) is 20.7. The van der Waals surface area contributed by atoms with Crippen molar-refractivity contribution in [2.24, 2.45) is 0 Å². The summed E-state index contributed by atoms with van der Waals surface area (Å²) in [4.78, 5) is 26.3. The van der Waals surface area contributed by atoms with Gasteiger partial charge in [-0.05, 0) is 36.3 Å². The smallest absolute Gasteiger partial charge is 0.266 e. The van der Waals surface area contributed by atoms with Gasteiger partial charge in [0.25, 0.3) is 5.91 Å². The normalized spacial score (nSPS) is 22.2. The Bertz CT molecular complexity index is 988. The predicted octanol–water partition coefficient (Wildman–Crippen LogP) is 2.23. The Hall–Kier alpha value is -2.04. The van der Waals surface area contributed by atoms with Gasteiger partial charge in [-0.2, -0.15) is 0 Å². The fourth-order valence-corrected chi connectivity index (χ4v) is 5.33. The van der Waals surface area contributed by atoms with Gasteiger partial charge >= 0.3 is 0 Å².